The Morgan fingerprint density at radius 3 is 2.56 bits per heavy atom. The minimum atomic E-state index is -4.42. The first-order valence-corrected chi connectivity index (χ1v) is 4.73. The average Bonchev–Trinajstić information content (AvgIpc) is 2.63. The van der Waals surface area contributed by atoms with Crippen LogP contribution in [0.4, 0.5) is 13.2 Å². The molecule has 0 spiro atoms. The van der Waals surface area contributed by atoms with E-state index in [9.17, 15) is 13.2 Å². The summed E-state index contributed by atoms with van der Waals surface area (Å²) >= 11 is 5.81. The maximum atomic E-state index is 12.5. The molecular weight excluding hydrogens is 243 g/mol. The van der Waals surface area contributed by atoms with Gasteiger partial charge in [0.1, 0.15) is 11.4 Å². The van der Waals surface area contributed by atoms with Crippen molar-refractivity contribution in [1.29, 1.82) is 0 Å². The number of benzene rings is 1. The van der Waals surface area contributed by atoms with Crippen molar-refractivity contribution in [2.75, 3.05) is 7.11 Å². The van der Waals surface area contributed by atoms with E-state index in [2.05, 4.69) is 4.98 Å². The highest BCUT2D eigenvalue weighted by molar-refractivity contribution is 6.35. The molecule has 2 aromatic rings. The Balaban J connectivity index is 2.73. The topological polar surface area (TPSA) is 25.0 Å². The van der Waals surface area contributed by atoms with Crippen molar-refractivity contribution >= 4 is 22.5 Å². The molecule has 1 heterocycles. The Kier molecular flexibility index (Phi) is 2.50. The van der Waals surface area contributed by atoms with E-state index in [-0.39, 0.29) is 10.5 Å². The molecule has 0 amide bonds. The van der Waals surface area contributed by atoms with Gasteiger partial charge in [0, 0.05) is 5.39 Å². The van der Waals surface area contributed by atoms with E-state index in [1.165, 1.54) is 19.2 Å². The zero-order valence-electron chi connectivity index (χ0n) is 8.15. The lowest BCUT2D eigenvalue weighted by atomic mass is 10.2. The molecule has 1 N–H and O–H groups in total. The number of hydrogen-bond donors (Lipinski definition) is 1. The van der Waals surface area contributed by atoms with Crippen molar-refractivity contribution < 1.29 is 17.9 Å². The largest absolute Gasteiger partial charge is 0.495 e. The summed E-state index contributed by atoms with van der Waals surface area (Å²) in [6.07, 6.45) is -4.42. The number of nitrogens with one attached hydrogen (secondary N) is 1. The van der Waals surface area contributed by atoms with E-state index in [0.29, 0.717) is 11.1 Å². The highest BCUT2D eigenvalue weighted by atomic mass is 35.5. The van der Waals surface area contributed by atoms with E-state index < -0.39 is 11.9 Å². The van der Waals surface area contributed by atoms with Crippen molar-refractivity contribution in [2.45, 2.75) is 6.18 Å². The van der Waals surface area contributed by atoms with Crippen LogP contribution in [0.15, 0.2) is 18.2 Å². The maximum absolute atomic E-state index is 12.5. The monoisotopic (exact) mass is 249 g/mol. The van der Waals surface area contributed by atoms with Gasteiger partial charge < -0.3 is 9.72 Å². The van der Waals surface area contributed by atoms with Crippen LogP contribution < -0.4 is 4.74 Å². The molecule has 2 rings (SSSR count). The SMILES string of the molecule is COc1ccc(Cl)c2cc(C(F)(F)F)[nH]c12. The number of methoxy groups -OCH3 is 1. The number of H-pyrrole nitrogens is 1. The molecule has 2 nitrogen and oxygen atoms in total. The lowest BCUT2D eigenvalue weighted by molar-refractivity contribution is -0.140. The van der Waals surface area contributed by atoms with Gasteiger partial charge in [-0.25, -0.2) is 0 Å². The predicted molar refractivity (Wildman–Crippen MR) is 54.9 cm³/mol. The fourth-order valence-electron chi connectivity index (χ4n) is 1.48. The summed E-state index contributed by atoms with van der Waals surface area (Å²) in [4.78, 5) is 2.26. The third-order valence-electron chi connectivity index (χ3n) is 2.23. The number of aromatic nitrogens is 1. The normalized spacial score (nSPS) is 12.1. The van der Waals surface area contributed by atoms with Crippen molar-refractivity contribution in [3.8, 4) is 5.75 Å². The second kappa shape index (κ2) is 3.59. The van der Waals surface area contributed by atoms with Crippen LogP contribution in [0, 0.1) is 0 Å². The van der Waals surface area contributed by atoms with Gasteiger partial charge in [-0.05, 0) is 18.2 Å². The van der Waals surface area contributed by atoms with E-state index in [1.807, 2.05) is 0 Å². The van der Waals surface area contributed by atoms with Gasteiger partial charge in [-0.15, -0.1) is 0 Å². The molecule has 0 unspecified atom stereocenters. The summed E-state index contributed by atoms with van der Waals surface area (Å²) in [5, 5.41) is 0.552. The highest BCUT2D eigenvalue weighted by Crippen LogP contribution is 2.37. The van der Waals surface area contributed by atoms with Gasteiger partial charge in [-0.3, -0.25) is 0 Å². The van der Waals surface area contributed by atoms with Gasteiger partial charge in [-0.2, -0.15) is 13.2 Å². The summed E-state index contributed by atoms with van der Waals surface area (Å²) < 4.78 is 42.4. The first-order valence-electron chi connectivity index (χ1n) is 4.36. The molecule has 0 bridgehead atoms. The second-order valence-electron chi connectivity index (χ2n) is 3.22. The second-order valence-corrected chi connectivity index (χ2v) is 3.63. The molecule has 0 aliphatic heterocycles. The van der Waals surface area contributed by atoms with Crippen LogP contribution in [-0.4, -0.2) is 12.1 Å². The standard InChI is InChI=1S/C10H7ClF3NO/c1-16-7-3-2-6(11)5-4-8(10(12,13)14)15-9(5)7/h2-4,15H,1H3. The molecule has 0 saturated carbocycles. The lowest BCUT2D eigenvalue weighted by Gasteiger charge is -2.02. The number of ether oxygens (including phenoxy) is 1. The van der Waals surface area contributed by atoms with E-state index >= 15 is 0 Å². The molecule has 0 atom stereocenters. The summed E-state index contributed by atoms with van der Waals surface area (Å²) in [6.45, 7) is 0. The molecule has 0 aliphatic carbocycles. The average molecular weight is 250 g/mol. The van der Waals surface area contributed by atoms with Crippen LogP contribution in [0.1, 0.15) is 5.69 Å². The molecule has 0 radical (unpaired) electrons. The number of fused-ring (bicyclic) bond motifs is 1. The fourth-order valence-corrected chi connectivity index (χ4v) is 1.69. The third kappa shape index (κ3) is 1.71. The van der Waals surface area contributed by atoms with Crippen LogP contribution in [0.5, 0.6) is 5.75 Å². The number of hydrogen-bond acceptors (Lipinski definition) is 1. The van der Waals surface area contributed by atoms with Gasteiger partial charge in [0.15, 0.2) is 0 Å². The summed E-state index contributed by atoms with van der Waals surface area (Å²) in [6, 6.07) is 3.98. The van der Waals surface area contributed by atoms with Crippen LogP contribution in [-0.2, 0) is 6.18 Å². The van der Waals surface area contributed by atoms with Crippen molar-refractivity contribution in [3.05, 3.63) is 28.9 Å². The van der Waals surface area contributed by atoms with Gasteiger partial charge in [0.2, 0.25) is 0 Å². The first-order chi connectivity index (χ1) is 7.43. The van der Waals surface area contributed by atoms with Crippen LogP contribution in [0.2, 0.25) is 5.02 Å². The highest BCUT2D eigenvalue weighted by Gasteiger charge is 2.33. The summed E-state index contributed by atoms with van der Waals surface area (Å²) in [5.41, 5.74) is -0.587. The first kappa shape index (κ1) is 11.1. The van der Waals surface area contributed by atoms with E-state index in [4.69, 9.17) is 16.3 Å². The fraction of sp³-hybridized carbons (Fsp3) is 0.200. The Hall–Kier alpha value is -1.36. The molecule has 16 heavy (non-hydrogen) atoms. The third-order valence-corrected chi connectivity index (χ3v) is 2.56. The van der Waals surface area contributed by atoms with Gasteiger partial charge in [0.05, 0.1) is 17.6 Å². The molecule has 6 heteroatoms. The summed E-state index contributed by atoms with van der Waals surface area (Å²) in [5.74, 6) is 0.329. The number of aromatic amines is 1. The number of alkyl halides is 3. The molecular formula is C10H7ClF3NO. The smallest absolute Gasteiger partial charge is 0.431 e. The van der Waals surface area contributed by atoms with Gasteiger partial charge in [0.25, 0.3) is 0 Å². The van der Waals surface area contributed by atoms with Crippen molar-refractivity contribution in [1.82, 2.24) is 4.98 Å². The summed E-state index contributed by atoms with van der Waals surface area (Å²) in [7, 11) is 1.39. The van der Waals surface area contributed by atoms with Crippen molar-refractivity contribution in [3.63, 3.8) is 0 Å². The zero-order valence-corrected chi connectivity index (χ0v) is 8.91. The van der Waals surface area contributed by atoms with Crippen LogP contribution >= 0.6 is 11.6 Å². The molecule has 0 aliphatic rings. The number of halogens is 4. The maximum Gasteiger partial charge on any atom is 0.431 e. The Morgan fingerprint density at radius 2 is 2.00 bits per heavy atom. The zero-order chi connectivity index (χ0) is 11.9. The molecule has 1 aromatic carbocycles. The van der Waals surface area contributed by atoms with Gasteiger partial charge >= 0.3 is 6.18 Å². The Bertz CT molecular complexity index is 533. The minimum absolute atomic E-state index is 0.252. The molecule has 0 saturated heterocycles. The molecule has 1 aromatic heterocycles. The van der Waals surface area contributed by atoms with E-state index in [0.717, 1.165) is 6.07 Å². The Morgan fingerprint density at radius 1 is 1.31 bits per heavy atom. The predicted octanol–water partition coefficient (Wildman–Crippen LogP) is 3.85. The lowest BCUT2D eigenvalue weighted by Crippen LogP contribution is -2.04. The van der Waals surface area contributed by atoms with Crippen LogP contribution in [0.3, 0.4) is 0 Å². The van der Waals surface area contributed by atoms with Crippen molar-refractivity contribution in [2.24, 2.45) is 0 Å². The molecule has 86 valence electrons. The quantitative estimate of drug-likeness (QED) is 0.816. The number of rotatable bonds is 1. The Labute approximate surface area is 94.0 Å². The van der Waals surface area contributed by atoms with E-state index in [1.54, 1.807) is 0 Å². The molecule has 0 fully saturated rings. The van der Waals surface area contributed by atoms with Gasteiger partial charge in [-0.1, -0.05) is 11.6 Å². The van der Waals surface area contributed by atoms with Crippen LogP contribution in [0.25, 0.3) is 10.9 Å². The minimum Gasteiger partial charge on any atom is -0.495 e.